The van der Waals surface area contributed by atoms with Gasteiger partial charge in [0.05, 0.1) is 17.2 Å². The van der Waals surface area contributed by atoms with Crippen LogP contribution >= 0.6 is 11.3 Å². The quantitative estimate of drug-likeness (QED) is 0.685. The molecule has 1 fully saturated rings. The highest BCUT2D eigenvalue weighted by Gasteiger charge is 2.17. The number of hydrogen-bond acceptors (Lipinski definition) is 4. The minimum Gasteiger partial charge on any atom is -0.323 e. The Balaban J connectivity index is 1.78. The summed E-state index contributed by atoms with van der Waals surface area (Å²) in [5.41, 5.74) is 1.67. The van der Waals surface area contributed by atoms with Crippen LogP contribution in [0.15, 0.2) is 41.7 Å². The lowest BCUT2D eigenvalue weighted by Crippen LogP contribution is -2.27. The zero-order valence-corrected chi connectivity index (χ0v) is 14.2. The Bertz CT molecular complexity index is 968. The van der Waals surface area contributed by atoms with Crippen molar-refractivity contribution in [1.82, 2.24) is 19.4 Å². The average Bonchev–Trinajstić information content (AvgIpc) is 3.24. The van der Waals surface area contributed by atoms with Crippen LogP contribution in [0.3, 0.4) is 0 Å². The molecule has 7 heteroatoms. The summed E-state index contributed by atoms with van der Waals surface area (Å²) in [5.74, 6) is 0.672. The van der Waals surface area contributed by atoms with Crippen LogP contribution < -0.4 is 4.80 Å². The molecule has 2 aromatic heterocycles. The van der Waals surface area contributed by atoms with Crippen LogP contribution in [-0.4, -0.2) is 38.6 Å². The highest BCUT2D eigenvalue weighted by atomic mass is 32.1. The van der Waals surface area contributed by atoms with Crippen LogP contribution in [0.2, 0.25) is 0 Å². The second kappa shape index (κ2) is 6.16. The van der Waals surface area contributed by atoms with Gasteiger partial charge in [0.2, 0.25) is 4.80 Å². The maximum Gasteiger partial charge on any atom is 0.346 e. The molecule has 0 bridgehead atoms. The maximum atomic E-state index is 12.3. The van der Waals surface area contributed by atoms with E-state index in [0.29, 0.717) is 10.6 Å². The summed E-state index contributed by atoms with van der Waals surface area (Å²) in [6.07, 6.45) is 5.77. The summed E-state index contributed by atoms with van der Waals surface area (Å²) in [5, 5.41) is 0. The molecule has 4 rings (SSSR count). The van der Waals surface area contributed by atoms with Gasteiger partial charge in [0.15, 0.2) is 5.82 Å². The molecule has 1 aliphatic heterocycles. The van der Waals surface area contributed by atoms with Crippen LogP contribution in [0, 0.1) is 6.92 Å². The fourth-order valence-electron chi connectivity index (χ4n) is 2.82. The van der Waals surface area contributed by atoms with E-state index in [0.717, 1.165) is 41.8 Å². The molecule has 1 saturated heterocycles. The highest BCUT2D eigenvalue weighted by Crippen LogP contribution is 2.13. The lowest BCUT2D eigenvalue weighted by atomic mass is 10.3. The molecule has 0 saturated carbocycles. The third-order valence-corrected chi connectivity index (χ3v) is 4.92. The van der Waals surface area contributed by atoms with Crippen molar-refractivity contribution in [3.05, 3.63) is 46.3 Å². The molecule has 6 nitrogen and oxygen atoms in total. The van der Waals surface area contributed by atoms with Gasteiger partial charge < -0.3 is 4.90 Å². The number of urea groups is 1. The Morgan fingerprint density at radius 2 is 1.96 bits per heavy atom. The number of nitrogens with zero attached hydrogens (tertiary/aromatic N) is 5. The van der Waals surface area contributed by atoms with Crippen molar-refractivity contribution in [3.8, 4) is 5.82 Å². The van der Waals surface area contributed by atoms with E-state index >= 15 is 0 Å². The minimum atomic E-state index is -0.170. The highest BCUT2D eigenvalue weighted by molar-refractivity contribution is 7.09. The number of benzene rings is 1. The number of aromatic nitrogens is 3. The number of para-hydroxylation sites is 2. The number of likely N-dealkylation sites (tertiary alicyclic amines) is 1. The van der Waals surface area contributed by atoms with E-state index in [1.54, 1.807) is 11.1 Å². The summed E-state index contributed by atoms with van der Waals surface area (Å²) in [7, 11) is 0. The van der Waals surface area contributed by atoms with Gasteiger partial charge in [-0.25, -0.2) is 9.78 Å². The van der Waals surface area contributed by atoms with Crippen molar-refractivity contribution in [1.29, 1.82) is 0 Å². The predicted molar refractivity (Wildman–Crippen MR) is 93.2 cm³/mol. The van der Waals surface area contributed by atoms with Gasteiger partial charge in [0.1, 0.15) is 0 Å². The topological polar surface area (TPSA) is 63.4 Å². The van der Waals surface area contributed by atoms with Gasteiger partial charge >= 0.3 is 6.03 Å². The molecule has 0 spiro atoms. The van der Waals surface area contributed by atoms with Crippen LogP contribution in [0.25, 0.3) is 16.9 Å². The van der Waals surface area contributed by atoms with Gasteiger partial charge in [0.25, 0.3) is 0 Å². The summed E-state index contributed by atoms with van der Waals surface area (Å²) in [6, 6.07) is 7.56. The second-order valence-electron chi connectivity index (χ2n) is 5.80. The van der Waals surface area contributed by atoms with Crippen molar-refractivity contribution < 1.29 is 4.79 Å². The predicted octanol–water partition coefficient (Wildman–Crippen LogP) is 2.91. The summed E-state index contributed by atoms with van der Waals surface area (Å²) >= 11 is 1.48. The Hall–Kier alpha value is -2.54. The maximum absolute atomic E-state index is 12.3. The van der Waals surface area contributed by atoms with Crippen LogP contribution in [-0.2, 0) is 0 Å². The fourth-order valence-corrected chi connectivity index (χ4v) is 3.64. The van der Waals surface area contributed by atoms with Gasteiger partial charge in [-0.05, 0) is 31.9 Å². The molecular weight excluding hydrogens is 322 g/mol. The summed E-state index contributed by atoms with van der Waals surface area (Å²) in [6.45, 7) is 3.58. The van der Waals surface area contributed by atoms with Gasteiger partial charge in [-0.1, -0.05) is 12.1 Å². The Morgan fingerprint density at radius 3 is 2.75 bits per heavy atom. The van der Waals surface area contributed by atoms with Crippen molar-refractivity contribution in [2.75, 3.05) is 13.1 Å². The third-order valence-electron chi connectivity index (χ3n) is 4.02. The zero-order chi connectivity index (χ0) is 16.5. The Kier molecular flexibility index (Phi) is 3.86. The molecule has 1 aromatic carbocycles. The van der Waals surface area contributed by atoms with E-state index in [1.165, 1.54) is 11.3 Å². The third kappa shape index (κ3) is 2.82. The normalized spacial score (nSPS) is 15.4. The largest absolute Gasteiger partial charge is 0.346 e. The van der Waals surface area contributed by atoms with Gasteiger partial charge in [-0.2, -0.15) is 4.99 Å². The number of hydrogen-bond donors (Lipinski definition) is 0. The molecule has 122 valence electrons. The van der Waals surface area contributed by atoms with Gasteiger partial charge in [-0.15, -0.1) is 11.3 Å². The first kappa shape index (κ1) is 15.0. The van der Waals surface area contributed by atoms with Crippen molar-refractivity contribution in [2.24, 2.45) is 4.99 Å². The molecule has 0 radical (unpaired) electrons. The first-order valence-corrected chi connectivity index (χ1v) is 8.77. The molecule has 3 aromatic rings. The van der Waals surface area contributed by atoms with Crippen LogP contribution in [0.1, 0.15) is 17.7 Å². The van der Waals surface area contributed by atoms with E-state index < -0.39 is 0 Å². The molecule has 3 heterocycles. The Labute approximate surface area is 143 Å². The number of fused-ring (bicyclic) bond motifs is 1. The van der Waals surface area contributed by atoms with E-state index in [1.807, 2.05) is 42.0 Å². The standard InChI is InChI=1S/C17H17N5OS/c1-12-11-22(15-10-18-13-6-2-3-7-14(13)19-15)17(24-12)20-16(23)21-8-4-5-9-21/h2-3,6-7,10-11H,4-5,8-9H2,1H3/b20-17-. The van der Waals surface area contributed by atoms with Gasteiger partial charge in [0, 0.05) is 24.2 Å². The molecule has 1 aliphatic rings. The van der Waals surface area contributed by atoms with E-state index in [-0.39, 0.29) is 6.03 Å². The van der Waals surface area contributed by atoms with Crippen molar-refractivity contribution in [2.45, 2.75) is 19.8 Å². The number of amides is 2. The number of thiazole rings is 1. The monoisotopic (exact) mass is 339 g/mol. The second-order valence-corrected chi connectivity index (χ2v) is 7.01. The van der Waals surface area contributed by atoms with Crippen molar-refractivity contribution >= 4 is 28.4 Å². The molecule has 0 N–H and O–H groups in total. The fraction of sp³-hybridized carbons (Fsp3) is 0.294. The summed E-state index contributed by atoms with van der Waals surface area (Å²) < 4.78 is 1.84. The smallest absolute Gasteiger partial charge is 0.323 e. The molecule has 2 amide bonds. The number of aryl methyl sites for hydroxylation is 1. The molecule has 0 atom stereocenters. The van der Waals surface area contributed by atoms with E-state index in [2.05, 4.69) is 15.0 Å². The summed E-state index contributed by atoms with van der Waals surface area (Å²) in [4.78, 5) is 29.2. The number of carbonyl (C=O) groups excluding carboxylic acids is 1. The first-order chi connectivity index (χ1) is 11.7. The lowest BCUT2D eigenvalue weighted by Gasteiger charge is -2.10. The molecular formula is C17H17N5OS. The zero-order valence-electron chi connectivity index (χ0n) is 13.3. The van der Waals surface area contributed by atoms with Crippen LogP contribution in [0.5, 0.6) is 0 Å². The first-order valence-electron chi connectivity index (χ1n) is 7.95. The minimum absolute atomic E-state index is 0.170. The van der Waals surface area contributed by atoms with Crippen LogP contribution in [0.4, 0.5) is 4.79 Å². The average molecular weight is 339 g/mol. The molecule has 0 aliphatic carbocycles. The Morgan fingerprint density at radius 1 is 1.21 bits per heavy atom. The number of carbonyl (C=O) groups is 1. The van der Waals surface area contributed by atoms with E-state index in [4.69, 9.17) is 0 Å². The molecule has 0 unspecified atom stereocenters. The SMILES string of the molecule is Cc1cn(-c2cnc3ccccc3n2)/c(=N/C(=O)N2CCCC2)s1. The van der Waals surface area contributed by atoms with E-state index in [9.17, 15) is 4.79 Å². The molecule has 24 heavy (non-hydrogen) atoms. The number of rotatable bonds is 1. The lowest BCUT2D eigenvalue weighted by molar-refractivity contribution is 0.218. The van der Waals surface area contributed by atoms with Gasteiger partial charge in [-0.3, -0.25) is 9.55 Å². The van der Waals surface area contributed by atoms with Crippen molar-refractivity contribution in [3.63, 3.8) is 0 Å².